The van der Waals surface area contributed by atoms with E-state index in [0.29, 0.717) is 10.6 Å². The molecule has 0 aliphatic rings. The third-order valence-electron chi connectivity index (χ3n) is 2.83. The van der Waals surface area contributed by atoms with E-state index in [1.807, 2.05) is 40.9 Å². The van der Waals surface area contributed by atoms with Crippen molar-refractivity contribution in [2.75, 3.05) is 0 Å². The second kappa shape index (κ2) is 4.27. The number of hydrogen-bond acceptors (Lipinski definition) is 2. The lowest BCUT2D eigenvalue weighted by molar-refractivity contribution is 0.112. The molecule has 0 fully saturated rings. The van der Waals surface area contributed by atoms with Gasteiger partial charge in [0.05, 0.1) is 11.7 Å². The summed E-state index contributed by atoms with van der Waals surface area (Å²) in [5.74, 6) is 0.797. The number of fused-ring (bicyclic) bond motifs is 1. The summed E-state index contributed by atoms with van der Waals surface area (Å²) in [5, 5.41) is 0.688. The van der Waals surface area contributed by atoms with Crippen LogP contribution >= 0.6 is 11.6 Å². The van der Waals surface area contributed by atoms with Crippen LogP contribution in [0.4, 0.5) is 0 Å². The van der Waals surface area contributed by atoms with E-state index in [9.17, 15) is 4.79 Å². The number of nitrogens with zero attached hydrogens (tertiary/aromatic N) is 2. The molecular formula is C14H9ClN2O. The Morgan fingerprint density at radius 3 is 2.67 bits per heavy atom. The molecule has 0 N–H and O–H groups in total. The van der Waals surface area contributed by atoms with Crippen LogP contribution in [0.25, 0.3) is 16.9 Å². The van der Waals surface area contributed by atoms with Crippen molar-refractivity contribution < 1.29 is 4.79 Å². The Balaban J connectivity index is 2.24. The largest absolute Gasteiger partial charge is 0.299 e. The molecule has 0 saturated heterocycles. The summed E-state index contributed by atoms with van der Waals surface area (Å²) in [4.78, 5) is 15.3. The van der Waals surface area contributed by atoms with Gasteiger partial charge in [0.25, 0.3) is 0 Å². The van der Waals surface area contributed by atoms with E-state index in [2.05, 4.69) is 4.98 Å². The molecule has 0 aliphatic heterocycles. The van der Waals surface area contributed by atoms with Crippen LogP contribution < -0.4 is 0 Å². The molecule has 0 amide bonds. The van der Waals surface area contributed by atoms with Crippen LogP contribution in [0.1, 0.15) is 10.4 Å². The van der Waals surface area contributed by atoms with E-state index in [4.69, 9.17) is 11.6 Å². The van der Waals surface area contributed by atoms with Gasteiger partial charge in [-0.25, -0.2) is 4.98 Å². The zero-order chi connectivity index (χ0) is 12.5. The van der Waals surface area contributed by atoms with Gasteiger partial charge >= 0.3 is 0 Å². The van der Waals surface area contributed by atoms with Crippen LogP contribution in [0.3, 0.4) is 0 Å². The minimum absolute atomic E-state index is 0.630. The molecule has 1 aromatic carbocycles. The highest BCUT2D eigenvalue weighted by Gasteiger charge is 2.08. The zero-order valence-corrected chi connectivity index (χ0v) is 10.1. The van der Waals surface area contributed by atoms with Gasteiger partial charge in [-0.2, -0.15) is 0 Å². The van der Waals surface area contributed by atoms with Gasteiger partial charge in [0.15, 0.2) is 6.29 Å². The second-order valence-electron chi connectivity index (χ2n) is 3.93. The predicted molar refractivity (Wildman–Crippen MR) is 71.0 cm³/mol. The van der Waals surface area contributed by atoms with E-state index >= 15 is 0 Å². The molecule has 4 heteroatoms. The molecule has 0 saturated carbocycles. The first-order valence-electron chi connectivity index (χ1n) is 5.47. The first-order chi connectivity index (χ1) is 8.79. The maximum atomic E-state index is 11.0. The van der Waals surface area contributed by atoms with Crippen molar-refractivity contribution in [1.29, 1.82) is 0 Å². The van der Waals surface area contributed by atoms with Crippen LogP contribution in [-0.4, -0.2) is 15.7 Å². The summed E-state index contributed by atoms with van der Waals surface area (Å²) in [5.41, 5.74) is 2.39. The second-order valence-corrected chi connectivity index (χ2v) is 4.36. The lowest BCUT2D eigenvalue weighted by atomic mass is 10.2. The Kier molecular flexibility index (Phi) is 2.61. The predicted octanol–water partition coefficient (Wildman–Crippen LogP) is 3.47. The number of hydrogen-bond donors (Lipinski definition) is 0. The standard InChI is InChI=1S/C14H9ClN2O/c15-12-5-3-10(4-6-12)14-16-8-13-11(9-18)2-1-7-17(13)14/h1-9H. The quantitative estimate of drug-likeness (QED) is 0.658. The molecule has 2 aromatic heterocycles. The topological polar surface area (TPSA) is 34.4 Å². The number of rotatable bonds is 2. The Morgan fingerprint density at radius 2 is 1.94 bits per heavy atom. The lowest BCUT2D eigenvalue weighted by Gasteiger charge is -2.02. The highest BCUT2D eigenvalue weighted by Crippen LogP contribution is 2.22. The average Bonchev–Trinajstić information content (AvgIpc) is 2.83. The molecular weight excluding hydrogens is 248 g/mol. The van der Waals surface area contributed by atoms with Gasteiger partial charge < -0.3 is 0 Å². The number of carbonyl (C=O) groups excluding carboxylic acids is 1. The summed E-state index contributed by atoms with van der Waals surface area (Å²) < 4.78 is 1.90. The fraction of sp³-hybridized carbons (Fsp3) is 0. The molecule has 2 heterocycles. The fourth-order valence-corrected chi connectivity index (χ4v) is 2.08. The van der Waals surface area contributed by atoms with Crippen molar-refractivity contribution in [3.05, 3.63) is 59.4 Å². The Labute approximate surface area is 109 Å². The van der Waals surface area contributed by atoms with E-state index in [1.165, 1.54) is 0 Å². The van der Waals surface area contributed by atoms with E-state index in [-0.39, 0.29) is 0 Å². The number of benzene rings is 1. The molecule has 0 radical (unpaired) electrons. The summed E-state index contributed by atoms with van der Waals surface area (Å²) in [7, 11) is 0. The summed E-state index contributed by atoms with van der Waals surface area (Å²) in [6, 6.07) is 11.1. The molecule has 3 aromatic rings. The van der Waals surface area contributed by atoms with Crippen molar-refractivity contribution in [1.82, 2.24) is 9.38 Å². The van der Waals surface area contributed by atoms with Gasteiger partial charge in [0, 0.05) is 22.3 Å². The normalized spacial score (nSPS) is 10.7. The number of aldehydes is 1. The van der Waals surface area contributed by atoms with Gasteiger partial charge in [-0.15, -0.1) is 0 Å². The SMILES string of the molecule is O=Cc1cccn2c(-c3ccc(Cl)cc3)ncc12. The van der Waals surface area contributed by atoms with Gasteiger partial charge in [-0.1, -0.05) is 11.6 Å². The monoisotopic (exact) mass is 256 g/mol. The van der Waals surface area contributed by atoms with Crippen molar-refractivity contribution in [3.63, 3.8) is 0 Å². The Morgan fingerprint density at radius 1 is 1.17 bits per heavy atom. The molecule has 3 rings (SSSR count). The van der Waals surface area contributed by atoms with Crippen LogP contribution in [-0.2, 0) is 0 Å². The summed E-state index contributed by atoms with van der Waals surface area (Å²) in [6.07, 6.45) is 4.43. The van der Waals surface area contributed by atoms with E-state index in [0.717, 1.165) is 23.2 Å². The molecule has 0 unspecified atom stereocenters. The zero-order valence-electron chi connectivity index (χ0n) is 9.38. The van der Waals surface area contributed by atoms with Crippen molar-refractivity contribution in [2.24, 2.45) is 0 Å². The first kappa shape index (κ1) is 11.0. The summed E-state index contributed by atoms with van der Waals surface area (Å²) in [6.45, 7) is 0. The van der Waals surface area contributed by atoms with Crippen molar-refractivity contribution >= 4 is 23.4 Å². The minimum Gasteiger partial charge on any atom is -0.299 e. The van der Waals surface area contributed by atoms with E-state index < -0.39 is 0 Å². The third-order valence-corrected chi connectivity index (χ3v) is 3.08. The van der Waals surface area contributed by atoms with Crippen molar-refractivity contribution in [2.45, 2.75) is 0 Å². The molecule has 88 valence electrons. The van der Waals surface area contributed by atoms with Gasteiger partial charge in [0.1, 0.15) is 5.82 Å². The Bertz CT molecular complexity index is 716. The third kappa shape index (κ3) is 1.69. The van der Waals surface area contributed by atoms with E-state index in [1.54, 1.807) is 12.3 Å². The number of halogens is 1. The summed E-state index contributed by atoms with van der Waals surface area (Å²) >= 11 is 5.87. The van der Waals surface area contributed by atoms with Gasteiger partial charge in [-0.05, 0) is 36.4 Å². The minimum atomic E-state index is 0.630. The highest BCUT2D eigenvalue weighted by atomic mass is 35.5. The number of aromatic nitrogens is 2. The average molecular weight is 257 g/mol. The smallest absolute Gasteiger partial charge is 0.152 e. The van der Waals surface area contributed by atoms with Crippen LogP contribution in [0.5, 0.6) is 0 Å². The number of imidazole rings is 1. The van der Waals surface area contributed by atoms with Crippen LogP contribution in [0.2, 0.25) is 5.02 Å². The molecule has 18 heavy (non-hydrogen) atoms. The van der Waals surface area contributed by atoms with Crippen LogP contribution in [0.15, 0.2) is 48.8 Å². The van der Waals surface area contributed by atoms with Crippen molar-refractivity contribution in [3.8, 4) is 11.4 Å². The van der Waals surface area contributed by atoms with Crippen LogP contribution in [0, 0.1) is 0 Å². The molecule has 0 bridgehead atoms. The maximum Gasteiger partial charge on any atom is 0.152 e. The molecule has 0 atom stereocenters. The molecule has 0 spiro atoms. The highest BCUT2D eigenvalue weighted by molar-refractivity contribution is 6.30. The molecule has 3 nitrogen and oxygen atoms in total. The lowest BCUT2D eigenvalue weighted by Crippen LogP contribution is -1.91. The Hall–Kier alpha value is -2.13. The van der Waals surface area contributed by atoms with Gasteiger partial charge in [-0.3, -0.25) is 9.20 Å². The number of carbonyl (C=O) groups is 1. The molecule has 0 aliphatic carbocycles. The maximum absolute atomic E-state index is 11.0. The van der Waals surface area contributed by atoms with Gasteiger partial charge in [0.2, 0.25) is 0 Å². The first-order valence-corrected chi connectivity index (χ1v) is 5.84. The number of pyridine rings is 1. The fourth-order valence-electron chi connectivity index (χ4n) is 1.96.